The van der Waals surface area contributed by atoms with Gasteiger partial charge in [-0.3, -0.25) is 0 Å². The molecule has 4 fully saturated rings. The number of piperidine rings is 3. The highest BCUT2D eigenvalue weighted by atomic mass is 16.5. The van der Waals surface area contributed by atoms with E-state index >= 15 is 0 Å². The van der Waals surface area contributed by atoms with E-state index in [-0.39, 0.29) is 30.4 Å². The Hall–Kier alpha value is -2.82. The number of hydrogen-bond acceptors (Lipinski definition) is 7. The molecular formula is C40H55N2O6+. The largest absolute Gasteiger partial charge is 0.508 e. The van der Waals surface area contributed by atoms with Crippen molar-refractivity contribution >= 4 is 0 Å². The second-order valence-corrected chi connectivity index (χ2v) is 14.6. The zero-order valence-electron chi connectivity index (χ0n) is 28.5. The Balaban J connectivity index is 0.951. The van der Waals surface area contributed by atoms with E-state index in [1.54, 1.807) is 12.1 Å². The van der Waals surface area contributed by atoms with Crippen LogP contribution in [0, 0.1) is 11.8 Å². The van der Waals surface area contributed by atoms with Gasteiger partial charge in [-0.1, -0.05) is 73.5 Å². The average Bonchev–Trinajstić information content (AvgIpc) is 3.69. The zero-order valence-corrected chi connectivity index (χ0v) is 28.5. The van der Waals surface area contributed by atoms with E-state index in [1.165, 1.54) is 44.8 Å². The molecular weight excluding hydrogens is 604 g/mol. The number of rotatable bonds is 16. The fraction of sp³-hybridized carbons (Fsp3) is 0.550. The molecule has 1 saturated carbocycles. The highest BCUT2D eigenvalue weighted by Gasteiger charge is 2.48. The first-order valence-corrected chi connectivity index (χ1v) is 18.0. The molecule has 0 amide bonds. The lowest BCUT2D eigenvalue weighted by atomic mass is 9.80. The molecule has 3 aromatic carbocycles. The minimum atomic E-state index is -0.915. The number of aliphatic hydroxyl groups is 3. The van der Waals surface area contributed by atoms with Crippen LogP contribution in [0.2, 0.25) is 0 Å². The van der Waals surface area contributed by atoms with E-state index in [0.29, 0.717) is 43.4 Å². The SMILES string of the molecule is C[C@@H](NC[C@H](O)c1ccc(O)c(CO)c1)c1ccc(COCC[N+]23CCC(CC2)[C@@H](OCC(O)(c2ccccc2)C2CCCC2)C3)cc1. The fourth-order valence-corrected chi connectivity index (χ4v) is 8.34. The van der Waals surface area contributed by atoms with Gasteiger partial charge in [0.05, 0.1) is 45.6 Å². The highest BCUT2D eigenvalue weighted by Crippen LogP contribution is 2.42. The van der Waals surface area contributed by atoms with Crippen molar-refractivity contribution in [1.82, 2.24) is 5.32 Å². The number of fused-ring (bicyclic) bond motifs is 3. The first-order valence-electron chi connectivity index (χ1n) is 18.0. The van der Waals surface area contributed by atoms with Crippen LogP contribution in [0.15, 0.2) is 72.8 Å². The van der Waals surface area contributed by atoms with Crippen LogP contribution in [0.1, 0.15) is 85.4 Å². The summed E-state index contributed by atoms with van der Waals surface area (Å²) >= 11 is 0. The molecule has 0 aromatic heterocycles. The molecule has 3 aromatic rings. The topological polar surface area (TPSA) is 111 Å². The molecule has 3 aliphatic heterocycles. The van der Waals surface area contributed by atoms with Crippen LogP contribution >= 0.6 is 0 Å². The van der Waals surface area contributed by atoms with Gasteiger partial charge in [-0.25, -0.2) is 0 Å². The number of nitrogens with one attached hydrogen (secondary N) is 1. The summed E-state index contributed by atoms with van der Waals surface area (Å²) in [4.78, 5) is 0. The van der Waals surface area contributed by atoms with Crippen molar-refractivity contribution in [2.75, 3.05) is 45.9 Å². The monoisotopic (exact) mass is 659 g/mol. The summed E-state index contributed by atoms with van der Waals surface area (Å²) < 4.78 is 14.0. The molecule has 8 heteroatoms. The van der Waals surface area contributed by atoms with Gasteiger partial charge in [0.25, 0.3) is 0 Å². The van der Waals surface area contributed by atoms with Gasteiger partial charge in [0.2, 0.25) is 0 Å². The standard InChI is InChI=1S/C40H54N2O6/c1-29(41-24-38(45)33-15-16-37(44)34(23-33)26-43)31-13-11-30(12-14-31)27-47-22-21-42-19-17-32(18-20-42)39(25-42)48-28-40(46,36-9-5-6-10-36)35-7-3-2-4-8-35/h2-4,7-8,11-16,23,29,32,36,38-39,41,43,45-46H,5-6,9-10,17-22,24-28H2,1H3/p+1/t29-,32?,38+,39+,40?,42?/m1/s1. The molecule has 3 saturated heterocycles. The number of aromatic hydroxyl groups is 1. The number of ether oxygens (including phenoxy) is 2. The Bertz CT molecular complexity index is 1440. The lowest BCUT2D eigenvalue weighted by Crippen LogP contribution is -2.65. The lowest BCUT2D eigenvalue weighted by molar-refractivity contribution is -0.946. The van der Waals surface area contributed by atoms with Gasteiger partial charge >= 0.3 is 0 Å². The smallest absolute Gasteiger partial charge is 0.121 e. The Labute approximate surface area is 285 Å². The molecule has 1 aliphatic carbocycles. The maximum atomic E-state index is 12.0. The van der Waals surface area contributed by atoms with E-state index in [0.717, 1.165) is 47.1 Å². The van der Waals surface area contributed by atoms with Crippen molar-refractivity contribution in [2.24, 2.45) is 11.8 Å². The van der Waals surface area contributed by atoms with Gasteiger partial charge in [0.15, 0.2) is 0 Å². The van der Waals surface area contributed by atoms with Gasteiger partial charge in [-0.05, 0) is 60.1 Å². The lowest BCUT2D eigenvalue weighted by Gasteiger charge is -2.52. The molecule has 2 bridgehead atoms. The van der Waals surface area contributed by atoms with Gasteiger partial charge in [0, 0.05) is 36.9 Å². The Morgan fingerprint density at radius 2 is 1.65 bits per heavy atom. The zero-order chi connectivity index (χ0) is 33.6. The summed E-state index contributed by atoms with van der Waals surface area (Å²) in [6.07, 6.45) is 6.31. The predicted octanol–water partition coefficient (Wildman–Crippen LogP) is 5.49. The number of hydrogen-bond donors (Lipinski definition) is 5. The van der Waals surface area contributed by atoms with Crippen molar-refractivity contribution in [3.8, 4) is 5.75 Å². The number of benzene rings is 3. The van der Waals surface area contributed by atoms with Gasteiger partial charge < -0.3 is 39.7 Å². The molecule has 260 valence electrons. The molecule has 3 heterocycles. The highest BCUT2D eigenvalue weighted by molar-refractivity contribution is 5.36. The third kappa shape index (κ3) is 8.13. The van der Waals surface area contributed by atoms with Crippen molar-refractivity contribution in [3.63, 3.8) is 0 Å². The van der Waals surface area contributed by atoms with Crippen LogP contribution in [0.5, 0.6) is 5.75 Å². The Morgan fingerprint density at radius 3 is 2.35 bits per heavy atom. The third-order valence-corrected chi connectivity index (χ3v) is 11.6. The first kappa shape index (κ1) is 35.0. The number of quaternary nitrogens is 1. The van der Waals surface area contributed by atoms with Crippen molar-refractivity contribution < 1.29 is 34.4 Å². The summed E-state index contributed by atoms with van der Waals surface area (Å²) in [6, 6.07) is 23.5. The van der Waals surface area contributed by atoms with Gasteiger partial charge in [0.1, 0.15) is 30.5 Å². The molecule has 4 aliphatic rings. The molecule has 5 N–H and O–H groups in total. The molecule has 1 unspecified atom stereocenters. The molecule has 4 atom stereocenters. The van der Waals surface area contributed by atoms with Crippen LogP contribution in [0.3, 0.4) is 0 Å². The van der Waals surface area contributed by atoms with E-state index in [4.69, 9.17) is 9.47 Å². The third-order valence-electron chi connectivity index (χ3n) is 11.6. The summed E-state index contributed by atoms with van der Waals surface area (Å²) in [5.41, 5.74) is 3.40. The van der Waals surface area contributed by atoms with E-state index in [1.807, 2.05) is 18.2 Å². The molecule has 0 spiro atoms. The minimum absolute atomic E-state index is 0.0284. The van der Waals surface area contributed by atoms with Crippen LogP contribution in [-0.2, 0) is 28.3 Å². The molecule has 0 radical (unpaired) electrons. The van der Waals surface area contributed by atoms with E-state index < -0.39 is 11.7 Å². The minimum Gasteiger partial charge on any atom is -0.508 e. The molecule has 8 nitrogen and oxygen atoms in total. The second-order valence-electron chi connectivity index (χ2n) is 14.6. The fourth-order valence-electron chi connectivity index (χ4n) is 8.34. The first-order chi connectivity index (χ1) is 23.3. The summed E-state index contributed by atoms with van der Waals surface area (Å²) in [7, 11) is 0. The second kappa shape index (κ2) is 15.8. The van der Waals surface area contributed by atoms with E-state index in [2.05, 4.69) is 48.6 Å². The van der Waals surface area contributed by atoms with Crippen LogP contribution in [0.4, 0.5) is 0 Å². The normalized spacial score (nSPS) is 25.2. The van der Waals surface area contributed by atoms with Gasteiger partial charge in [-0.2, -0.15) is 0 Å². The quantitative estimate of drug-likeness (QED) is 0.102. The van der Waals surface area contributed by atoms with Crippen molar-refractivity contribution in [2.45, 2.75) is 82.5 Å². The van der Waals surface area contributed by atoms with Crippen molar-refractivity contribution in [1.29, 1.82) is 0 Å². The molecule has 7 rings (SSSR count). The summed E-state index contributed by atoms with van der Waals surface area (Å²) in [5.74, 6) is 0.873. The van der Waals surface area contributed by atoms with Crippen LogP contribution in [0.25, 0.3) is 0 Å². The summed E-state index contributed by atoms with van der Waals surface area (Å²) in [6.45, 7) is 8.17. The van der Waals surface area contributed by atoms with Crippen LogP contribution < -0.4 is 5.32 Å². The number of aliphatic hydroxyl groups excluding tert-OH is 2. The predicted molar refractivity (Wildman–Crippen MR) is 186 cm³/mol. The Morgan fingerprint density at radius 1 is 0.938 bits per heavy atom. The molecule has 48 heavy (non-hydrogen) atoms. The summed E-state index contributed by atoms with van der Waals surface area (Å²) in [5, 5.41) is 45.2. The maximum absolute atomic E-state index is 12.0. The number of phenols is 1. The Kier molecular flexibility index (Phi) is 11.5. The van der Waals surface area contributed by atoms with Crippen molar-refractivity contribution in [3.05, 3.63) is 101 Å². The van der Waals surface area contributed by atoms with Gasteiger partial charge in [-0.15, -0.1) is 0 Å². The van der Waals surface area contributed by atoms with Crippen LogP contribution in [-0.4, -0.2) is 77.0 Å². The van der Waals surface area contributed by atoms with E-state index in [9.17, 15) is 20.4 Å². The average molecular weight is 660 g/mol. The maximum Gasteiger partial charge on any atom is 0.121 e. The number of nitrogens with zero attached hydrogens (tertiary/aromatic N) is 1.